The molecule has 34 heavy (non-hydrogen) atoms. The number of nitrogens with two attached hydrogens (primary N) is 1. The van der Waals surface area contributed by atoms with Crippen LogP contribution in [-0.2, 0) is 25.8 Å². The van der Waals surface area contributed by atoms with Crippen molar-refractivity contribution in [2.45, 2.75) is 17.4 Å². The summed E-state index contributed by atoms with van der Waals surface area (Å²) in [6.07, 6.45) is 2.85. The first kappa shape index (κ1) is 24.7. The van der Waals surface area contributed by atoms with Gasteiger partial charge in [-0.05, 0) is 34.9 Å². The molecule has 0 fully saturated rings. The summed E-state index contributed by atoms with van der Waals surface area (Å²) in [4.78, 5) is 25.4. The Bertz CT molecular complexity index is 1320. The third kappa shape index (κ3) is 6.08. The molecular weight excluding hydrogens is 454 g/mol. The Morgan fingerprint density at radius 3 is 2.41 bits per heavy atom. The highest BCUT2D eigenvalue weighted by Crippen LogP contribution is 2.27. The standard InChI is InChI=1S/C25H25N3O5S/c1-33-25(30)22(15-17-6-5-7-18(14-17)16-27-26)28-24(29)20-12-10-19(11-13-20)21-8-3-4-9-23(21)34(2,31)32/h3-14,16,22H,15,26H2,1-2H3,(H,28,29)/b27-16-/t22-/m0/s1. The van der Waals surface area contributed by atoms with E-state index in [4.69, 9.17) is 10.6 Å². The highest BCUT2D eigenvalue weighted by molar-refractivity contribution is 7.90. The van der Waals surface area contributed by atoms with E-state index in [1.54, 1.807) is 54.6 Å². The molecule has 0 heterocycles. The van der Waals surface area contributed by atoms with Gasteiger partial charge in [-0.3, -0.25) is 4.79 Å². The van der Waals surface area contributed by atoms with Crippen LogP contribution in [0, 0.1) is 0 Å². The highest BCUT2D eigenvalue weighted by Gasteiger charge is 2.23. The van der Waals surface area contributed by atoms with Crippen molar-refractivity contribution in [1.29, 1.82) is 0 Å². The Labute approximate surface area is 198 Å². The third-order valence-corrected chi connectivity index (χ3v) is 6.31. The normalized spacial score (nSPS) is 12.3. The topological polar surface area (TPSA) is 128 Å². The number of amides is 1. The SMILES string of the molecule is COC(=O)[C@H](Cc1cccc(/C=N\N)c1)NC(=O)c1ccc(-c2ccccc2S(C)(=O)=O)cc1. The van der Waals surface area contributed by atoms with Crippen molar-refractivity contribution < 1.29 is 22.7 Å². The lowest BCUT2D eigenvalue weighted by molar-refractivity contribution is -0.142. The second-order valence-electron chi connectivity index (χ2n) is 7.62. The fourth-order valence-corrected chi connectivity index (χ4v) is 4.44. The molecule has 0 radical (unpaired) electrons. The van der Waals surface area contributed by atoms with Crippen LogP contribution in [0.1, 0.15) is 21.5 Å². The molecule has 9 heteroatoms. The van der Waals surface area contributed by atoms with Crippen LogP contribution in [0.5, 0.6) is 0 Å². The summed E-state index contributed by atoms with van der Waals surface area (Å²) in [5.74, 6) is 4.16. The number of carbonyl (C=O) groups excluding carboxylic acids is 2. The number of nitrogens with zero attached hydrogens (tertiary/aromatic N) is 1. The summed E-state index contributed by atoms with van der Waals surface area (Å²) in [6, 6.07) is 19.5. The van der Waals surface area contributed by atoms with Crippen LogP contribution in [0.2, 0.25) is 0 Å². The monoisotopic (exact) mass is 479 g/mol. The lowest BCUT2D eigenvalue weighted by Gasteiger charge is -2.17. The van der Waals surface area contributed by atoms with Crippen molar-refractivity contribution in [3.05, 3.63) is 89.5 Å². The first-order valence-electron chi connectivity index (χ1n) is 10.3. The number of carbonyl (C=O) groups is 2. The number of sulfone groups is 1. The summed E-state index contributed by atoms with van der Waals surface area (Å²) in [7, 11) is -2.16. The number of hydrogen-bond donors (Lipinski definition) is 2. The molecule has 3 rings (SSSR count). The van der Waals surface area contributed by atoms with Crippen LogP contribution >= 0.6 is 0 Å². The Balaban J connectivity index is 1.81. The molecule has 176 valence electrons. The van der Waals surface area contributed by atoms with Crippen molar-refractivity contribution in [2.24, 2.45) is 10.9 Å². The molecule has 0 spiro atoms. The number of rotatable bonds is 8. The zero-order valence-corrected chi connectivity index (χ0v) is 19.6. The van der Waals surface area contributed by atoms with Gasteiger partial charge in [0.1, 0.15) is 6.04 Å². The van der Waals surface area contributed by atoms with Gasteiger partial charge in [-0.1, -0.05) is 54.6 Å². The van der Waals surface area contributed by atoms with Crippen molar-refractivity contribution in [1.82, 2.24) is 5.32 Å². The fourth-order valence-electron chi connectivity index (χ4n) is 3.53. The predicted molar refractivity (Wildman–Crippen MR) is 130 cm³/mol. The number of hydrazone groups is 1. The minimum Gasteiger partial charge on any atom is -0.467 e. The molecule has 0 aliphatic carbocycles. The minimum absolute atomic E-state index is 0.208. The van der Waals surface area contributed by atoms with Crippen molar-refractivity contribution in [2.75, 3.05) is 13.4 Å². The molecule has 0 aliphatic rings. The van der Waals surface area contributed by atoms with Crippen molar-refractivity contribution in [3.63, 3.8) is 0 Å². The van der Waals surface area contributed by atoms with Gasteiger partial charge < -0.3 is 15.9 Å². The van der Waals surface area contributed by atoms with Gasteiger partial charge in [-0.15, -0.1) is 0 Å². The molecule has 1 amide bonds. The summed E-state index contributed by atoms with van der Waals surface area (Å²) >= 11 is 0. The number of nitrogens with one attached hydrogen (secondary N) is 1. The number of esters is 1. The first-order valence-corrected chi connectivity index (χ1v) is 12.2. The molecule has 1 atom stereocenters. The summed E-state index contributed by atoms with van der Waals surface area (Å²) in [6.45, 7) is 0. The Morgan fingerprint density at radius 1 is 1.06 bits per heavy atom. The van der Waals surface area contributed by atoms with E-state index in [0.717, 1.165) is 17.4 Å². The molecule has 0 aliphatic heterocycles. The molecule has 3 N–H and O–H groups in total. The zero-order chi connectivity index (χ0) is 24.7. The van der Waals surface area contributed by atoms with Crippen molar-refractivity contribution >= 4 is 27.9 Å². The van der Waals surface area contributed by atoms with Crippen molar-refractivity contribution in [3.8, 4) is 11.1 Å². The molecule has 0 saturated carbocycles. The van der Waals surface area contributed by atoms with E-state index in [9.17, 15) is 18.0 Å². The highest BCUT2D eigenvalue weighted by atomic mass is 32.2. The summed E-state index contributed by atoms with van der Waals surface area (Å²) < 4.78 is 29.1. The first-order chi connectivity index (χ1) is 16.2. The maximum atomic E-state index is 12.9. The van der Waals surface area contributed by atoms with Gasteiger partial charge in [0, 0.05) is 23.8 Å². The predicted octanol–water partition coefficient (Wildman–Crippen LogP) is 2.56. The van der Waals surface area contributed by atoms with Gasteiger partial charge in [0.25, 0.3) is 5.91 Å². The van der Waals surface area contributed by atoms with Crippen LogP contribution < -0.4 is 11.2 Å². The molecular formula is C25H25N3O5S. The summed E-state index contributed by atoms with van der Waals surface area (Å²) in [5, 5.41) is 6.20. The van der Waals surface area contributed by atoms with Gasteiger partial charge in [-0.2, -0.15) is 5.10 Å². The smallest absolute Gasteiger partial charge is 0.328 e. The van der Waals surface area contributed by atoms with Crippen LogP contribution in [-0.4, -0.2) is 45.9 Å². The minimum atomic E-state index is -3.42. The van der Waals surface area contributed by atoms with Crippen LogP contribution in [0.4, 0.5) is 0 Å². The molecule has 0 unspecified atom stereocenters. The molecule has 0 aromatic heterocycles. The van der Waals surface area contributed by atoms with Gasteiger partial charge in [-0.25, -0.2) is 13.2 Å². The molecule has 0 bridgehead atoms. The second-order valence-corrected chi connectivity index (χ2v) is 9.61. The van der Waals surface area contributed by atoms with Crippen LogP contribution in [0.3, 0.4) is 0 Å². The van der Waals surface area contributed by atoms with E-state index in [0.29, 0.717) is 16.7 Å². The van der Waals surface area contributed by atoms with Gasteiger partial charge >= 0.3 is 5.97 Å². The lowest BCUT2D eigenvalue weighted by atomic mass is 10.0. The van der Waals surface area contributed by atoms with E-state index >= 15 is 0 Å². The number of ether oxygens (including phenoxy) is 1. The van der Waals surface area contributed by atoms with E-state index in [-0.39, 0.29) is 11.3 Å². The van der Waals surface area contributed by atoms with Gasteiger partial charge in [0.2, 0.25) is 0 Å². The molecule has 8 nitrogen and oxygen atoms in total. The van der Waals surface area contributed by atoms with E-state index in [1.165, 1.54) is 13.3 Å². The van der Waals surface area contributed by atoms with E-state index in [2.05, 4.69) is 10.4 Å². The fraction of sp³-hybridized carbons (Fsp3) is 0.160. The number of benzene rings is 3. The number of methoxy groups -OCH3 is 1. The van der Waals surface area contributed by atoms with Gasteiger partial charge in [0.15, 0.2) is 9.84 Å². The average Bonchev–Trinajstić information content (AvgIpc) is 2.83. The van der Waals surface area contributed by atoms with Gasteiger partial charge in [0.05, 0.1) is 18.2 Å². The molecule has 0 saturated heterocycles. The maximum absolute atomic E-state index is 12.9. The summed E-state index contributed by atoms with van der Waals surface area (Å²) in [5.41, 5.74) is 3.07. The zero-order valence-electron chi connectivity index (χ0n) is 18.8. The van der Waals surface area contributed by atoms with Crippen LogP contribution in [0.15, 0.2) is 82.8 Å². The average molecular weight is 480 g/mol. The Hall–Kier alpha value is -3.98. The van der Waals surface area contributed by atoms with Crippen LogP contribution in [0.25, 0.3) is 11.1 Å². The van der Waals surface area contributed by atoms with E-state index < -0.39 is 27.8 Å². The second kappa shape index (κ2) is 10.8. The Kier molecular flexibility index (Phi) is 7.80. The molecule has 3 aromatic rings. The lowest BCUT2D eigenvalue weighted by Crippen LogP contribution is -2.43. The quantitative estimate of drug-likeness (QED) is 0.221. The largest absolute Gasteiger partial charge is 0.467 e. The molecule has 3 aromatic carbocycles. The maximum Gasteiger partial charge on any atom is 0.328 e. The Morgan fingerprint density at radius 2 is 1.76 bits per heavy atom. The number of hydrogen-bond acceptors (Lipinski definition) is 7. The van der Waals surface area contributed by atoms with E-state index in [1.807, 2.05) is 18.2 Å². The third-order valence-electron chi connectivity index (χ3n) is 5.15.